The third-order valence-electron chi connectivity index (χ3n) is 2.54. The minimum Gasteiger partial charge on any atom is -0.469 e. The molecule has 1 heterocycles. The van der Waals surface area contributed by atoms with Gasteiger partial charge in [-0.1, -0.05) is 29.8 Å². The molecule has 0 saturated carbocycles. The Labute approximate surface area is 100 Å². The van der Waals surface area contributed by atoms with Gasteiger partial charge in [0.15, 0.2) is 0 Å². The number of carbonyl (C=O) groups excluding carboxylic acids is 1. The van der Waals surface area contributed by atoms with Crippen molar-refractivity contribution in [2.45, 2.75) is 13.3 Å². The number of hydrogen-bond donors (Lipinski definition) is 0. The van der Waals surface area contributed by atoms with Crippen LogP contribution in [0.4, 0.5) is 0 Å². The summed E-state index contributed by atoms with van der Waals surface area (Å²) in [6, 6.07) is 7.93. The molecule has 1 fully saturated rings. The molecule has 1 amide bonds. The number of ether oxygens (including phenoxy) is 1. The second kappa shape index (κ2) is 4.61. The fourth-order valence-electron chi connectivity index (χ4n) is 1.60. The van der Waals surface area contributed by atoms with Gasteiger partial charge in [-0.05, 0) is 24.7 Å². The van der Waals surface area contributed by atoms with Crippen molar-refractivity contribution in [3.8, 4) is 0 Å². The molecular formula is C12H13NO2S. The van der Waals surface area contributed by atoms with Crippen molar-refractivity contribution in [1.29, 1.82) is 0 Å². The zero-order valence-corrected chi connectivity index (χ0v) is 9.92. The number of rotatable bonds is 2. The van der Waals surface area contributed by atoms with Crippen molar-refractivity contribution in [3.05, 3.63) is 35.4 Å². The quantitative estimate of drug-likeness (QED) is 0.730. The highest BCUT2D eigenvalue weighted by atomic mass is 32.1. The maximum atomic E-state index is 11.9. The van der Waals surface area contributed by atoms with Gasteiger partial charge in [0.1, 0.15) is 6.61 Å². The summed E-state index contributed by atoms with van der Waals surface area (Å²) in [7, 11) is 0. The Morgan fingerprint density at radius 2 is 2.12 bits per heavy atom. The summed E-state index contributed by atoms with van der Waals surface area (Å²) < 4.78 is 5.08. The van der Waals surface area contributed by atoms with Crippen molar-refractivity contribution in [3.63, 3.8) is 0 Å². The molecule has 1 aliphatic rings. The molecule has 0 aliphatic carbocycles. The molecule has 0 N–H and O–H groups in total. The molecule has 0 aromatic heterocycles. The summed E-state index contributed by atoms with van der Waals surface area (Å²) in [5.41, 5.74) is 2.20. The number of nitrogens with zero attached hydrogens (tertiary/aromatic N) is 1. The molecule has 1 saturated heterocycles. The second-order valence-electron chi connectivity index (χ2n) is 3.82. The summed E-state index contributed by atoms with van der Waals surface area (Å²) in [4.78, 5) is 13.4. The van der Waals surface area contributed by atoms with E-state index in [1.807, 2.05) is 31.2 Å². The van der Waals surface area contributed by atoms with Gasteiger partial charge in [0, 0.05) is 0 Å². The van der Waals surface area contributed by atoms with E-state index in [1.54, 1.807) is 0 Å². The minimum absolute atomic E-state index is 0.00588. The normalized spacial score (nSPS) is 15.1. The van der Waals surface area contributed by atoms with Crippen LogP contribution in [0.3, 0.4) is 0 Å². The van der Waals surface area contributed by atoms with E-state index in [0.717, 1.165) is 5.56 Å². The predicted octanol–water partition coefficient (Wildman–Crippen LogP) is 1.68. The van der Waals surface area contributed by atoms with Crippen LogP contribution in [0.1, 0.15) is 11.1 Å². The van der Waals surface area contributed by atoms with E-state index in [9.17, 15) is 4.79 Å². The lowest BCUT2D eigenvalue weighted by Gasteiger charge is -2.12. The SMILES string of the molecule is Cc1ccc(CC(=O)N2CCOC2=S)cc1. The molecule has 0 bridgehead atoms. The molecule has 3 nitrogen and oxygen atoms in total. The molecule has 0 spiro atoms. The van der Waals surface area contributed by atoms with Crippen LogP contribution >= 0.6 is 12.2 Å². The smallest absolute Gasteiger partial charge is 0.266 e. The van der Waals surface area contributed by atoms with Crippen molar-refractivity contribution in [1.82, 2.24) is 4.90 Å². The van der Waals surface area contributed by atoms with Crippen molar-refractivity contribution in [2.24, 2.45) is 0 Å². The number of aryl methyl sites for hydroxylation is 1. The average Bonchev–Trinajstić information content (AvgIpc) is 2.68. The fraction of sp³-hybridized carbons (Fsp3) is 0.333. The maximum absolute atomic E-state index is 11.9. The van der Waals surface area contributed by atoms with Crippen molar-refractivity contribution in [2.75, 3.05) is 13.2 Å². The van der Waals surface area contributed by atoms with Gasteiger partial charge in [0.2, 0.25) is 5.91 Å². The van der Waals surface area contributed by atoms with Crippen LogP contribution in [-0.2, 0) is 16.0 Å². The van der Waals surface area contributed by atoms with Gasteiger partial charge in [-0.15, -0.1) is 0 Å². The molecule has 0 radical (unpaired) electrons. The number of hydrogen-bond acceptors (Lipinski definition) is 3. The molecule has 4 heteroatoms. The van der Waals surface area contributed by atoms with Gasteiger partial charge in [0.25, 0.3) is 5.17 Å². The molecular weight excluding hydrogens is 222 g/mol. The maximum Gasteiger partial charge on any atom is 0.266 e. The van der Waals surface area contributed by atoms with Gasteiger partial charge in [-0.25, -0.2) is 0 Å². The fourth-order valence-corrected chi connectivity index (χ4v) is 1.87. The van der Waals surface area contributed by atoms with E-state index >= 15 is 0 Å². The third-order valence-corrected chi connectivity index (χ3v) is 2.88. The molecule has 1 aromatic carbocycles. The van der Waals surface area contributed by atoms with E-state index in [1.165, 1.54) is 10.5 Å². The highest BCUT2D eigenvalue weighted by Crippen LogP contribution is 2.09. The van der Waals surface area contributed by atoms with Crippen LogP contribution in [-0.4, -0.2) is 29.1 Å². The monoisotopic (exact) mass is 235 g/mol. The molecule has 1 aromatic rings. The van der Waals surface area contributed by atoms with Gasteiger partial charge < -0.3 is 4.74 Å². The van der Waals surface area contributed by atoms with Crippen molar-refractivity contribution < 1.29 is 9.53 Å². The molecule has 84 valence electrons. The van der Waals surface area contributed by atoms with Crippen molar-refractivity contribution >= 4 is 23.3 Å². The number of benzene rings is 1. The standard InChI is InChI=1S/C12H13NO2S/c1-9-2-4-10(5-3-9)8-11(14)13-6-7-15-12(13)16/h2-5H,6-8H2,1H3. The lowest BCUT2D eigenvalue weighted by atomic mass is 10.1. The summed E-state index contributed by atoms with van der Waals surface area (Å²) in [5, 5.41) is 0.303. The molecule has 2 rings (SSSR count). The summed E-state index contributed by atoms with van der Waals surface area (Å²) in [5.74, 6) is 0.00588. The Bertz CT molecular complexity index is 414. The van der Waals surface area contributed by atoms with Gasteiger partial charge in [0.05, 0.1) is 13.0 Å². The second-order valence-corrected chi connectivity index (χ2v) is 4.17. The Morgan fingerprint density at radius 1 is 1.44 bits per heavy atom. The first-order valence-corrected chi connectivity index (χ1v) is 5.60. The molecule has 1 aliphatic heterocycles. The van der Waals surface area contributed by atoms with Crippen LogP contribution in [0.25, 0.3) is 0 Å². The Kier molecular flexibility index (Phi) is 3.19. The van der Waals surface area contributed by atoms with E-state index in [0.29, 0.717) is 24.7 Å². The number of amides is 1. The van der Waals surface area contributed by atoms with E-state index in [-0.39, 0.29) is 5.91 Å². The topological polar surface area (TPSA) is 29.5 Å². The van der Waals surface area contributed by atoms with E-state index < -0.39 is 0 Å². The van der Waals surface area contributed by atoms with Crippen LogP contribution in [0, 0.1) is 6.92 Å². The summed E-state index contributed by atoms with van der Waals surface area (Å²) in [6.45, 7) is 3.11. The van der Waals surface area contributed by atoms with Crippen LogP contribution in [0.15, 0.2) is 24.3 Å². The first-order chi connectivity index (χ1) is 7.66. The number of carbonyl (C=O) groups is 1. The van der Waals surface area contributed by atoms with Gasteiger partial charge in [-0.3, -0.25) is 9.69 Å². The first-order valence-electron chi connectivity index (χ1n) is 5.19. The Balaban J connectivity index is 2.02. The molecule has 0 atom stereocenters. The zero-order valence-electron chi connectivity index (χ0n) is 9.10. The average molecular weight is 235 g/mol. The zero-order chi connectivity index (χ0) is 11.5. The largest absolute Gasteiger partial charge is 0.469 e. The predicted molar refractivity (Wildman–Crippen MR) is 65.1 cm³/mol. The molecule has 0 unspecified atom stereocenters. The molecule has 16 heavy (non-hydrogen) atoms. The lowest BCUT2D eigenvalue weighted by Crippen LogP contribution is -2.32. The first kappa shape index (κ1) is 11.1. The van der Waals surface area contributed by atoms with Crippen LogP contribution in [0.2, 0.25) is 0 Å². The lowest BCUT2D eigenvalue weighted by molar-refractivity contribution is -0.126. The van der Waals surface area contributed by atoms with E-state index in [4.69, 9.17) is 17.0 Å². The summed E-state index contributed by atoms with van der Waals surface area (Å²) >= 11 is 4.94. The van der Waals surface area contributed by atoms with Crippen LogP contribution in [0.5, 0.6) is 0 Å². The highest BCUT2D eigenvalue weighted by Gasteiger charge is 2.24. The van der Waals surface area contributed by atoms with Gasteiger partial charge in [-0.2, -0.15) is 0 Å². The van der Waals surface area contributed by atoms with Crippen LogP contribution < -0.4 is 0 Å². The third kappa shape index (κ3) is 2.39. The van der Waals surface area contributed by atoms with Gasteiger partial charge >= 0.3 is 0 Å². The minimum atomic E-state index is 0.00588. The number of thiocarbonyl (C=S) groups is 1. The highest BCUT2D eigenvalue weighted by molar-refractivity contribution is 7.80. The Hall–Kier alpha value is -1.42. The van der Waals surface area contributed by atoms with E-state index in [2.05, 4.69) is 0 Å². The Morgan fingerprint density at radius 3 is 2.69 bits per heavy atom. The summed E-state index contributed by atoms with van der Waals surface area (Å²) in [6.07, 6.45) is 0.379.